The Bertz CT molecular complexity index is 645. The fourth-order valence-corrected chi connectivity index (χ4v) is 1.92. The molecule has 0 bridgehead atoms. The van der Waals surface area contributed by atoms with Crippen LogP contribution in [0.25, 0.3) is 0 Å². The summed E-state index contributed by atoms with van der Waals surface area (Å²) >= 11 is 5.57. The lowest BCUT2D eigenvalue weighted by atomic mass is 9.99. The molecule has 0 saturated heterocycles. The molecule has 21 heavy (non-hydrogen) atoms. The van der Waals surface area contributed by atoms with Crippen molar-refractivity contribution in [2.45, 2.75) is 12.4 Å². The maximum Gasteiger partial charge on any atom is 0.573 e. The van der Waals surface area contributed by atoms with Crippen LogP contribution in [-0.2, 0) is 0 Å². The quantitative estimate of drug-likeness (QED) is 0.850. The number of rotatable bonds is 3. The van der Waals surface area contributed by atoms with Crippen LogP contribution in [0, 0.1) is 5.82 Å². The third-order valence-corrected chi connectivity index (χ3v) is 3.06. The zero-order valence-corrected chi connectivity index (χ0v) is 11.3. The summed E-state index contributed by atoms with van der Waals surface area (Å²) in [6.07, 6.45) is -4.78. The number of ether oxygens (including phenoxy) is 1. The highest BCUT2D eigenvalue weighted by atomic mass is 35.5. The molecule has 2 nitrogen and oxygen atoms in total. The zero-order valence-electron chi connectivity index (χ0n) is 10.5. The van der Waals surface area contributed by atoms with Crippen LogP contribution in [0.2, 0.25) is 5.02 Å². The summed E-state index contributed by atoms with van der Waals surface area (Å²) in [5.74, 6) is -1.03. The van der Waals surface area contributed by atoms with Gasteiger partial charge < -0.3 is 10.5 Å². The van der Waals surface area contributed by atoms with E-state index in [4.69, 9.17) is 17.3 Å². The van der Waals surface area contributed by atoms with Gasteiger partial charge in [0.05, 0.1) is 11.1 Å². The van der Waals surface area contributed by atoms with Crippen molar-refractivity contribution >= 4 is 11.6 Å². The molecule has 0 amide bonds. The van der Waals surface area contributed by atoms with Gasteiger partial charge in [-0.3, -0.25) is 0 Å². The molecule has 0 aliphatic heterocycles. The number of hydrogen-bond acceptors (Lipinski definition) is 2. The number of halogens is 5. The van der Waals surface area contributed by atoms with E-state index < -0.39 is 18.2 Å². The molecule has 0 radical (unpaired) electrons. The van der Waals surface area contributed by atoms with E-state index in [9.17, 15) is 17.6 Å². The van der Waals surface area contributed by atoms with Gasteiger partial charge in [0, 0.05) is 0 Å². The Hall–Kier alpha value is -1.79. The van der Waals surface area contributed by atoms with Crippen molar-refractivity contribution in [3.63, 3.8) is 0 Å². The van der Waals surface area contributed by atoms with E-state index in [0.717, 1.165) is 18.2 Å². The molecular formula is C14H10ClF4NO. The van der Waals surface area contributed by atoms with Gasteiger partial charge in [0.15, 0.2) is 0 Å². The van der Waals surface area contributed by atoms with Crippen LogP contribution >= 0.6 is 11.6 Å². The molecule has 2 aromatic carbocycles. The standard InChI is InChI=1S/C14H10ClF4NO/c15-11-5-4-9(7-12(11)16)13(20)8-2-1-3-10(6-8)21-14(17,18)19/h1-7,13H,20H2. The van der Waals surface area contributed by atoms with Crippen molar-refractivity contribution in [1.82, 2.24) is 0 Å². The molecule has 0 aromatic heterocycles. The van der Waals surface area contributed by atoms with Gasteiger partial charge in [-0.15, -0.1) is 13.2 Å². The van der Waals surface area contributed by atoms with E-state index in [1.54, 1.807) is 0 Å². The second-order valence-electron chi connectivity index (χ2n) is 4.27. The summed E-state index contributed by atoms with van der Waals surface area (Å²) in [6.45, 7) is 0. The summed E-state index contributed by atoms with van der Waals surface area (Å²) in [6, 6.07) is 8.41. The Kier molecular flexibility index (Phi) is 4.39. The molecule has 2 rings (SSSR count). The molecule has 0 aliphatic rings. The Morgan fingerprint density at radius 2 is 1.71 bits per heavy atom. The van der Waals surface area contributed by atoms with Gasteiger partial charge in [0.25, 0.3) is 0 Å². The first-order valence-electron chi connectivity index (χ1n) is 5.82. The molecule has 2 aromatic rings. The largest absolute Gasteiger partial charge is 0.573 e. The third-order valence-electron chi connectivity index (χ3n) is 2.75. The van der Waals surface area contributed by atoms with Crippen molar-refractivity contribution in [3.05, 3.63) is 64.4 Å². The van der Waals surface area contributed by atoms with E-state index in [1.807, 2.05) is 0 Å². The molecule has 7 heteroatoms. The van der Waals surface area contributed by atoms with Gasteiger partial charge in [0.1, 0.15) is 11.6 Å². The van der Waals surface area contributed by atoms with Gasteiger partial charge in [-0.1, -0.05) is 29.8 Å². The smallest absolute Gasteiger partial charge is 0.406 e. The predicted molar refractivity (Wildman–Crippen MR) is 70.6 cm³/mol. The van der Waals surface area contributed by atoms with Crippen LogP contribution in [-0.4, -0.2) is 6.36 Å². The van der Waals surface area contributed by atoms with Crippen molar-refractivity contribution in [1.29, 1.82) is 0 Å². The molecule has 112 valence electrons. The molecule has 0 aliphatic carbocycles. The van der Waals surface area contributed by atoms with E-state index in [2.05, 4.69) is 4.74 Å². The molecule has 1 unspecified atom stereocenters. The molecule has 0 heterocycles. The van der Waals surface area contributed by atoms with Crippen molar-refractivity contribution in [2.75, 3.05) is 0 Å². The van der Waals surface area contributed by atoms with E-state index in [0.29, 0.717) is 11.1 Å². The molecule has 1 atom stereocenters. The van der Waals surface area contributed by atoms with Gasteiger partial charge in [-0.25, -0.2) is 4.39 Å². The lowest BCUT2D eigenvalue weighted by molar-refractivity contribution is -0.274. The Labute approximate surface area is 123 Å². The van der Waals surface area contributed by atoms with Crippen molar-refractivity contribution in [3.8, 4) is 5.75 Å². The highest BCUT2D eigenvalue weighted by Gasteiger charge is 2.31. The van der Waals surface area contributed by atoms with Gasteiger partial charge >= 0.3 is 6.36 Å². The van der Waals surface area contributed by atoms with Gasteiger partial charge in [0.2, 0.25) is 0 Å². The highest BCUT2D eigenvalue weighted by Crippen LogP contribution is 2.28. The summed E-state index contributed by atoms with van der Waals surface area (Å²) < 4.78 is 53.7. The zero-order chi connectivity index (χ0) is 15.6. The number of benzene rings is 2. The van der Waals surface area contributed by atoms with Crippen LogP contribution in [0.4, 0.5) is 17.6 Å². The minimum absolute atomic E-state index is 0.0555. The van der Waals surface area contributed by atoms with Crippen LogP contribution in [0.15, 0.2) is 42.5 Å². The first-order chi connectivity index (χ1) is 9.76. The van der Waals surface area contributed by atoms with Crippen LogP contribution in [0.5, 0.6) is 5.75 Å². The van der Waals surface area contributed by atoms with Crippen LogP contribution < -0.4 is 10.5 Å². The average Bonchev–Trinajstić information content (AvgIpc) is 2.39. The average molecular weight is 320 g/mol. The molecular weight excluding hydrogens is 310 g/mol. The topological polar surface area (TPSA) is 35.2 Å². The Morgan fingerprint density at radius 1 is 1.05 bits per heavy atom. The van der Waals surface area contributed by atoms with Gasteiger partial charge in [-0.2, -0.15) is 0 Å². The fourth-order valence-electron chi connectivity index (χ4n) is 1.80. The normalized spacial score (nSPS) is 13.0. The Morgan fingerprint density at radius 3 is 2.33 bits per heavy atom. The number of nitrogens with two attached hydrogens (primary N) is 1. The summed E-state index contributed by atoms with van der Waals surface area (Å²) in [4.78, 5) is 0. The second kappa shape index (κ2) is 5.91. The first kappa shape index (κ1) is 15.6. The SMILES string of the molecule is NC(c1cccc(OC(F)(F)F)c1)c1ccc(Cl)c(F)c1. The van der Waals surface area contributed by atoms with Crippen molar-refractivity contribution in [2.24, 2.45) is 5.73 Å². The maximum atomic E-state index is 13.4. The summed E-state index contributed by atoms with van der Waals surface area (Å²) in [7, 11) is 0. The number of alkyl halides is 3. The molecule has 0 spiro atoms. The fraction of sp³-hybridized carbons (Fsp3) is 0.143. The lowest BCUT2D eigenvalue weighted by Gasteiger charge is -2.15. The highest BCUT2D eigenvalue weighted by molar-refractivity contribution is 6.30. The Balaban J connectivity index is 2.28. The van der Waals surface area contributed by atoms with E-state index in [-0.39, 0.29) is 10.8 Å². The minimum Gasteiger partial charge on any atom is -0.406 e. The third kappa shape index (κ3) is 4.09. The monoisotopic (exact) mass is 319 g/mol. The van der Waals surface area contributed by atoms with Gasteiger partial charge in [-0.05, 0) is 35.4 Å². The number of hydrogen-bond donors (Lipinski definition) is 1. The van der Waals surface area contributed by atoms with E-state index >= 15 is 0 Å². The summed E-state index contributed by atoms with van der Waals surface area (Å²) in [5, 5.41) is -0.0555. The predicted octanol–water partition coefficient (Wildman–Crippen LogP) is 4.43. The van der Waals surface area contributed by atoms with E-state index in [1.165, 1.54) is 24.3 Å². The van der Waals surface area contributed by atoms with Crippen LogP contribution in [0.3, 0.4) is 0 Å². The molecule has 2 N–H and O–H groups in total. The minimum atomic E-state index is -4.78. The first-order valence-corrected chi connectivity index (χ1v) is 6.20. The second-order valence-corrected chi connectivity index (χ2v) is 4.68. The van der Waals surface area contributed by atoms with Crippen LogP contribution in [0.1, 0.15) is 17.2 Å². The molecule has 0 fully saturated rings. The summed E-state index contributed by atoms with van der Waals surface area (Å²) in [5.41, 5.74) is 6.67. The maximum absolute atomic E-state index is 13.4. The van der Waals surface area contributed by atoms with Crippen molar-refractivity contribution < 1.29 is 22.3 Å². The molecule has 0 saturated carbocycles. The lowest BCUT2D eigenvalue weighted by Crippen LogP contribution is -2.18.